The fourth-order valence-corrected chi connectivity index (χ4v) is 3.79. The first-order valence-corrected chi connectivity index (χ1v) is 9.02. The Bertz CT molecular complexity index is 829. The van der Waals surface area contributed by atoms with Gasteiger partial charge in [0.1, 0.15) is 5.01 Å². The lowest BCUT2D eigenvalue weighted by atomic mass is 10.2. The van der Waals surface area contributed by atoms with Crippen molar-refractivity contribution in [2.75, 3.05) is 26.2 Å². The summed E-state index contributed by atoms with van der Waals surface area (Å²) < 4.78 is 0. The highest BCUT2D eigenvalue weighted by Crippen LogP contribution is 2.18. The number of rotatable bonds is 3. The highest BCUT2D eigenvalue weighted by molar-refractivity contribution is 7.09. The number of nitrogens with one attached hydrogen (secondary N) is 1. The number of benzene rings is 1. The van der Waals surface area contributed by atoms with Crippen molar-refractivity contribution in [1.29, 1.82) is 0 Å². The van der Waals surface area contributed by atoms with Crippen molar-refractivity contribution in [3.8, 4) is 0 Å². The van der Waals surface area contributed by atoms with Crippen molar-refractivity contribution in [3.05, 3.63) is 46.5 Å². The number of aromatic nitrogens is 3. The van der Waals surface area contributed by atoms with E-state index in [-0.39, 0.29) is 5.91 Å². The predicted molar refractivity (Wildman–Crippen MR) is 94.0 cm³/mol. The molecule has 1 N–H and O–H groups in total. The molecule has 0 atom stereocenters. The van der Waals surface area contributed by atoms with E-state index in [4.69, 9.17) is 0 Å². The van der Waals surface area contributed by atoms with Crippen LogP contribution in [0.15, 0.2) is 35.8 Å². The second-order valence-electron chi connectivity index (χ2n) is 5.97. The maximum Gasteiger partial charge on any atom is 0.275 e. The van der Waals surface area contributed by atoms with E-state index in [1.165, 1.54) is 0 Å². The van der Waals surface area contributed by atoms with E-state index < -0.39 is 0 Å². The van der Waals surface area contributed by atoms with Gasteiger partial charge < -0.3 is 4.90 Å². The summed E-state index contributed by atoms with van der Waals surface area (Å²) in [6.45, 7) is 4.23. The number of carbonyl (C=O) groups is 1. The summed E-state index contributed by atoms with van der Waals surface area (Å²) in [5, 5.41) is 11.2. The second kappa shape index (κ2) is 6.70. The number of hydrogen-bond acceptors (Lipinski definition) is 5. The van der Waals surface area contributed by atoms with Gasteiger partial charge in [0.25, 0.3) is 5.91 Å². The van der Waals surface area contributed by atoms with Crippen LogP contribution in [0.1, 0.15) is 21.9 Å². The lowest BCUT2D eigenvalue weighted by Crippen LogP contribution is -2.35. The molecule has 0 unspecified atom stereocenters. The molecular formula is C17H19N5OS. The van der Waals surface area contributed by atoms with Crippen molar-refractivity contribution >= 4 is 28.1 Å². The van der Waals surface area contributed by atoms with Crippen molar-refractivity contribution in [1.82, 2.24) is 25.0 Å². The number of H-pyrrole nitrogens is 1. The first-order valence-electron chi connectivity index (χ1n) is 8.14. The summed E-state index contributed by atoms with van der Waals surface area (Å²) in [7, 11) is 0. The van der Waals surface area contributed by atoms with Crippen LogP contribution < -0.4 is 0 Å². The van der Waals surface area contributed by atoms with Gasteiger partial charge in [0.15, 0.2) is 5.69 Å². The third-order valence-corrected chi connectivity index (χ3v) is 5.16. The summed E-state index contributed by atoms with van der Waals surface area (Å²) in [5.74, 6) is 0.0172. The van der Waals surface area contributed by atoms with E-state index in [0.717, 1.165) is 55.1 Å². The number of nitrogens with zero attached hydrogens (tertiary/aromatic N) is 4. The zero-order valence-corrected chi connectivity index (χ0v) is 14.1. The standard InChI is InChI=1S/C17H19N5OS/c23-17(16-13-4-1-2-5-14(13)19-20-16)22-8-3-7-21(9-10-22)12-15-18-6-11-24-15/h1-2,4-6,11H,3,7-10,12H2,(H,19,20). The Morgan fingerprint density at radius 1 is 1.21 bits per heavy atom. The molecule has 1 fully saturated rings. The molecule has 1 aromatic carbocycles. The minimum absolute atomic E-state index is 0.0172. The lowest BCUT2D eigenvalue weighted by Gasteiger charge is -2.20. The van der Waals surface area contributed by atoms with Crippen LogP contribution in [0.2, 0.25) is 0 Å². The molecule has 3 aromatic rings. The van der Waals surface area contributed by atoms with Crippen LogP contribution in [0.25, 0.3) is 10.9 Å². The van der Waals surface area contributed by atoms with Crippen molar-refractivity contribution < 1.29 is 4.79 Å². The SMILES string of the molecule is O=C(c1n[nH]c2ccccc12)N1CCCN(Cc2nccs2)CC1. The van der Waals surface area contributed by atoms with Gasteiger partial charge in [-0.3, -0.25) is 14.8 Å². The zero-order chi connectivity index (χ0) is 16.4. The molecule has 7 heteroatoms. The van der Waals surface area contributed by atoms with Crippen LogP contribution in [0.5, 0.6) is 0 Å². The van der Waals surface area contributed by atoms with Gasteiger partial charge in [-0.25, -0.2) is 4.98 Å². The minimum atomic E-state index is 0.0172. The van der Waals surface area contributed by atoms with Crippen molar-refractivity contribution in [3.63, 3.8) is 0 Å². The van der Waals surface area contributed by atoms with Gasteiger partial charge in [-0.15, -0.1) is 11.3 Å². The Labute approximate surface area is 144 Å². The van der Waals surface area contributed by atoms with Gasteiger partial charge in [-0.1, -0.05) is 18.2 Å². The number of aromatic amines is 1. The van der Waals surface area contributed by atoms with Gasteiger partial charge in [0.05, 0.1) is 12.1 Å². The molecule has 0 bridgehead atoms. The Hall–Kier alpha value is -2.25. The van der Waals surface area contributed by atoms with Gasteiger partial charge in [0, 0.05) is 43.1 Å². The van der Waals surface area contributed by atoms with E-state index in [2.05, 4.69) is 20.1 Å². The summed E-state index contributed by atoms with van der Waals surface area (Å²) in [5.41, 5.74) is 1.43. The Balaban J connectivity index is 1.46. The molecule has 0 spiro atoms. The van der Waals surface area contributed by atoms with Gasteiger partial charge in [-0.05, 0) is 12.5 Å². The molecule has 4 rings (SSSR count). The summed E-state index contributed by atoms with van der Waals surface area (Å²) in [6, 6.07) is 7.76. The monoisotopic (exact) mass is 341 g/mol. The van der Waals surface area contributed by atoms with Crippen LogP contribution in [-0.2, 0) is 6.54 Å². The van der Waals surface area contributed by atoms with Gasteiger partial charge in [0.2, 0.25) is 0 Å². The quantitative estimate of drug-likeness (QED) is 0.794. The Kier molecular flexibility index (Phi) is 4.27. The van der Waals surface area contributed by atoms with Gasteiger partial charge in [-0.2, -0.15) is 5.10 Å². The molecule has 124 valence electrons. The Morgan fingerprint density at radius 3 is 3.00 bits per heavy atom. The third-order valence-electron chi connectivity index (χ3n) is 4.39. The molecule has 1 amide bonds. The van der Waals surface area contributed by atoms with E-state index in [1.54, 1.807) is 11.3 Å². The highest BCUT2D eigenvalue weighted by Gasteiger charge is 2.23. The molecular weight excluding hydrogens is 322 g/mol. The molecule has 2 aromatic heterocycles. The highest BCUT2D eigenvalue weighted by atomic mass is 32.1. The number of carbonyl (C=O) groups excluding carboxylic acids is 1. The summed E-state index contributed by atoms with van der Waals surface area (Å²) in [4.78, 5) is 21.5. The van der Waals surface area contributed by atoms with Gasteiger partial charge >= 0.3 is 0 Å². The number of para-hydroxylation sites is 1. The topological polar surface area (TPSA) is 65.1 Å². The fourth-order valence-electron chi connectivity index (χ4n) is 3.13. The first kappa shape index (κ1) is 15.3. The molecule has 0 aliphatic carbocycles. The smallest absolute Gasteiger partial charge is 0.275 e. The van der Waals surface area contributed by atoms with Crippen molar-refractivity contribution in [2.24, 2.45) is 0 Å². The van der Waals surface area contributed by atoms with Crippen LogP contribution >= 0.6 is 11.3 Å². The van der Waals surface area contributed by atoms with Crippen LogP contribution in [0.4, 0.5) is 0 Å². The molecule has 6 nitrogen and oxygen atoms in total. The molecule has 1 saturated heterocycles. The first-order chi connectivity index (χ1) is 11.8. The van der Waals surface area contributed by atoms with Crippen molar-refractivity contribution in [2.45, 2.75) is 13.0 Å². The molecule has 0 saturated carbocycles. The number of fused-ring (bicyclic) bond motifs is 1. The lowest BCUT2D eigenvalue weighted by molar-refractivity contribution is 0.0757. The average molecular weight is 341 g/mol. The summed E-state index contributed by atoms with van der Waals surface area (Å²) in [6.07, 6.45) is 2.82. The molecule has 0 radical (unpaired) electrons. The maximum atomic E-state index is 12.9. The minimum Gasteiger partial charge on any atom is -0.336 e. The zero-order valence-electron chi connectivity index (χ0n) is 13.3. The molecule has 24 heavy (non-hydrogen) atoms. The molecule has 1 aliphatic heterocycles. The molecule has 3 heterocycles. The maximum absolute atomic E-state index is 12.9. The fraction of sp³-hybridized carbons (Fsp3) is 0.353. The third kappa shape index (κ3) is 3.05. The summed E-state index contributed by atoms with van der Waals surface area (Å²) >= 11 is 1.68. The van der Waals surface area contributed by atoms with E-state index in [0.29, 0.717) is 5.69 Å². The van der Waals surface area contributed by atoms with Crippen LogP contribution in [0, 0.1) is 0 Å². The van der Waals surface area contributed by atoms with E-state index >= 15 is 0 Å². The Morgan fingerprint density at radius 2 is 2.12 bits per heavy atom. The van der Waals surface area contributed by atoms with Crippen LogP contribution in [-0.4, -0.2) is 57.1 Å². The number of amides is 1. The predicted octanol–water partition coefficient (Wildman–Crippen LogP) is 2.37. The normalized spacial score (nSPS) is 16.4. The van der Waals surface area contributed by atoms with E-state index in [9.17, 15) is 4.79 Å². The van der Waals surface area contributed by atoms with E-state index in [1.807, 2.05) is 40.7 Å². The number of hydrogen-bond donors (Lipinski definition) is 1. The molecule has 1 aliphatic rings. The average Bonchev–Trinajstić information content (AvgIpc) is 3.20. The van der Waals surface area contributed by atoms with Crippen LogP contribution in [0.3, 0.4) is 0 Å². The second-order valence-corrected chi connectivity index (χ2v) is 6.94. The number of thiazole rings is 1. The largest absolute Gasteiger partial charge is 0.336 e.